The van der Waals surface area contributed by atoms with Gasteiger partial charge in [-0.1, -0.05) is 60.7 Å². The van der Waals surface area contributed by atoms with Gasteiger partial charge >= 0.3 is 0 Å². The topological polar surface area (TPSA) is 274 Å². The van der Waals surface area contributed by atoms with Crippen LogP contribution in [0.5, 0.6) is 23.0 Å². The molecule has 0 saturated carbocycles. The van der Waals surface area contributed by atoms with Crippen LogP contribution in [-0.4, -0.2) is 153 Å². The maximum absolute atomic E-state index is 12.1. The minimum Gasteiger partial charge on any atom is -0.507 e. The number of phenols is 4. The Kier molecular flexibility index (Phi) is 23.2. The van der Waals surface area contributed by atoms with Crippen molar-refractivity contribution in [1.29, 1.82) is 0 Å². The summed E-state index contributed by atoms with van der Waals surface area (Å²) in [4.78, 5) is 73.2. The van der Waals surface area contributed by atoms with Crippen LogP contribution in [0.2, 0.25) is 0 Å². The third kappa shape index (κ3) is 17.5. The molecule has 107 heavy (non-hydrogen) atoms. The minimum absolute atomic E-state index is 0.0239. The van der Waals surface area contributed by atoms with Crippen molar-refractivity contribution in [1.82, 2.24) is 29.9 Å². The second-order valence-electron chi connectivity index (χ2n) is 27.7. The number of benzene rings is 9. The summed E-state index contributed by atoms with van der Waals surface area (Å²) in [7, 11) is 24.0. The number of rotatable bonds is 18. The Labute approximate surface area is 625 Å². The average Bonchev–Trinajstić information content (AvgIpc) is 1.65. The number of imidazole rings is 3. The monoisotopic (exact) mass is 1440 g/mol. The third-order valence-corrected chi connectivity index (χ3v) is 18.3. The molecule has 3 amide bonds. The maximum atomic E-state index is 12.1. The van der Waals surface area contributed by atoms with Gasteiger partial charge < -0.3 is 80.7 Å². The molecular formula is C85H95N15O7. The number of H-pyrrole nitrogens is 3. The first-order valence-electron chi connectivity index (χ1n) is 34.8. The lowest BCUT2D eigenvalue weighted by atomic mass is 10.0. The molecule has 0 bridgehead atoms. The molecule has 0 atom stereocenters. The Morgan fingerprint density at radius 1 is 0.299 bits per heavy atom. The summed E-state index contributed by atoms with van der Waals surface area (Å²) in [6, 6.07) is 55.9. The van der Waals surface area contributed by atoms with Gasteiger partial charge in [0.1, 0.15) is 34.7 Å². The zero-order chi connectivity index (χ0) is 77.6. The minimum atomic E-state index is -0.353. The molecule has 10 N–H and O–H groups in total. The van der Waals surface area contributed by atoms with Crippen LogP contribution in [0, 0.1) is 27.7 Å². The first-order valence-corrected chi connectivity index (χ1v) is 34.8. The standard InChI is InChI=1S/C29H32N6O3.C29H33N5O2.C27H30N4O2/c1-17(36)30-24-15-21(16-25(28(24)38)31-18(2)37)29-32-26(19-7-11-22(12-8-19)34(3)4)27(33-29)20-9-13-23(14-10-20)35(5)6;1-17-14-21(15-18(2)28(17)36)29-31-26(20-8-10-22(11-9-20)33(4)5)27(32-29)24-13-12-23(34(6)7)16-25(24)30-19(3)35;1-16-15-22(26(33)17(2)25(16)32)27-28-23(18-7-11-20(12-8-18)30(3)4)24(29-27)19-9-13-21(14-10-19)31(5)6/h7-16,38H,1-6H3,(H,30,36)(H,31,37)(H,32,33);8-16,36H,1-7H3,(H,30,35)(H,31,32);7-15,32-33H,1-6H3,(H,28,29). The molecule has 0 aliphatic carbocycles. The van der Waals surface area contributed by atoms with E-state index in [0.717, 1.165) is 118 Å². The van der Waals surface area contributed by atoms with Gasteiger partial charge in [-0.05, 0) is 154 Å². The van der Waals surface area contributed by atoms with E-state index in [9.17, 15) is 34.8 Å². The highest BCUT2D eigenvalue weighted by atomic mass is 16.3. The fraction of sp³-hybridized carbons (Fsp3) is 0.224. The molecule has 22 nitrogen and oxygen atoms in total. The van der Waals surface area contributed by atoms with Gasteiger partial charge in [0.2, 0.25) is 17.7 Å². The van der Waals surface area contributed by atoms with E-state index in [4.69, 9.17) is 15.0 Å². The third-order valence-electron chi connectivity index (χ3n) is 18.3. The SMILES string of the molecule is CC(=O)Nc1cc(-c2nc(-c3ccc(N(C)C)cc3)c(-c3ccc(N(C)C)cc3)[nH]2)cc(NC(C)=O)c1O.CC(=O)Nc1cc(N(C)C)ccc1-c1[nH]c(-c2cc(C)c(O)c(C)c2)nc1-c1ccc(N(C)C)cc1.Cc1cc(-c2nc(-c3ccc(N(C)C)cc3)c(-c3ccc(N(C)C)cc3)[nH]2)c(O)c(C)c1O. The van der Waals surface area contributed by atoms with Crippen LogP contribution in [0.1, 0.15) is 43.0 Å². The van der Waals surface area contributed by atoms with Gasteiger partial charge in [-0.15, -0.1) is 0 Å². The molecule has 0 unspecified atom stereocenters. The van der Waals surface area contributed by atoms with Crippen molar-refractivity contribution < 1.29 is 34.8 Å². The summed E-state index contributed by atoms with van der Waals surface area (Å²) < 4.78 is 0. The lowest BCUT2D eigenvalue weighted by Crippen LogP contribution is -2.11. The lowest BCUT2D eigenvalue weighted by molar-refractivity contribution is -0.115. The van der Waals surface area contributed by atoms with E-state index in [1.54, 1.807) is 25.1 Å². The zero-order valence-corrected chi connectivity index (χ0v) is 64.2. The maximum Gasteiger partial charge on any atom is 0.221 e. The van der Waals surface area contributed by atoms with Crippen molar-refractivity contribution in [2.24, 2.45) is 0 Å². The van der Waals surface area contributed by atoms with E-state index < -0.39 is 0 Å². The molecule has 12 rings (SSSR count). The van der Waals surface area contributed by atoms with Crippen LogP contribution >= 0.6 is 0 Å². The normalized spacial score (nSPS) is 10.8. The van der Waals surface area contributed by atoms with E-state index in [1.165, 1.54) is 20.8 Å². The molecule has 0 aliphatic rings. The van der Waals surface area contributed by atoms with Gasteiger partial charge in [0.15, 0.2) is 5.75 Å². The number of aromatic nitrogens is 6. The highest BCUT2D eigenvalue weighted by Gasteiger charge is 2.25. The molecule has 22 heteroatoms. The molecule has 0 aliphatic heterocycles. The molecule has 0 fully saturated rings. The Morgan fingerprint density at radius 3 is 0.963 bits per heavy atom. The van der Waals surface area contributed by atoms with Gasteiger partial charge in [0.25, 0.3) is 0 Å². The summed E-state index contributed by atoms with van der Waals surface area (Å²) in [5.74, 6) is 1.09. The van der Waals surface area contributed by atoms with Crippen molar-refractivity contribution in [2.75, 3.05) is 130 Å². The Morgan fingerprint density at radius 2 is 0.598 bits per heavy atom. The number of hydrogen-bond acceptors (Lipinski definition) is 16. The van der Waals surface area contributed by atoms with Gasteiger partial charge in [-0.2, -0.15) is 0 Å². The van der Waals surface area contributed by atoms with E-state index in [1.807, 2.05) is 199 Å². The summed E-state index contributed by atoms with van der Waals surface area (Å²) >= 11 is 0. The Hall–Kier alpha value is -13.0. The second kappa shape index (κ2) is 32.4. The molecule has 0 saturated heterocycles. The Balaban J connectivity index is 0.000000172. The Bertz CT molecular complexity index is 5010. The predicted molar refractivity (Wildman–Crippen MR) is 439 cm³/mol. The first kappa shape index (κ1) is 76.7. The summed E-state index contributed by atoms with van der Waals surface area (Å²) in [6.07, 6.45) is 0. The highest BCUT2D eigenvalue weighted by Crippen LogP contribution is 2.45. The molecule has 12 aromatic rings. The molecule has 0 spiro atoms. The van der Waals surface area contributed by atoms with E-state index in [0.29, 0.717) is 45.4 Å². The number of nitrogens with zero attached hydrogens (tertiary/aromatic N) is 9. The number of hydrogen-bond donors (Lipinski definition) is 10. The van der Waals surface area contributed by atoms with Crippen molar-refractivity contribution in [3.8, 4) is 125 Å². The summed E-state index contributed by atoms with van der Waals surface area (Å²) in [6.45, 7) is 11.5. The van der Waals surface area contributed by atoms with E-state index in [2.05, 4.69) is 118 Å². The summed E-state index contributed by atoms with van der Waals surface area (Å²) in [5, 5.41) is 50.1. The number of amides is 3. The molecule has 9 aromatic carbocycles. The molecule has 552 valence electrons. The highest BCUT2D eigenvalue weighted by molar-refractivity contribution is 5.99. The van der Waals surface area contributed by atoms with Gasteiger partial charge in [0.05, 0.1) is 56.8 Å². The molecule has 3 aromatic heterocycles. The second-order valence-corrected chi connectivity index (χ2v) is 27.7. The van der Waals surface area contributed by atoms with Crippen LogP contribution < -0.4 is 45.3 Å². The quantitative estimate of drug-likeness (QED) is 0.0358. The summed E-state index contributed by atoms with van der Waals surface area (Å²) in [5.41, 5.74) is 22.7. The number of anilines is 9. The van der Waals surface area contributed by atoms with Gasteiger partial charge in [-0.3, -0.25) is 14.4 Å². The number of carbonyl (C=O) groups excluding carboxylic acids is 3. The fourth-order valence-electron chi connectivity index (χ4n) is 12.3. The van der Waals surface area contributed by atoms with Gasteiger partial charge in [0, 0.05) is 190 Å². The zero-order valence-electron chi connectivity index (χ0n) is 64.2. The fourth-order valence-corrected chi connectivity index (χ4v) is 12.3. The van der Waals surface area contributed by atoms with Crippen LogP contribution in [-0.2, 0) is 14.4 Å². The average molecular weight is 1440 g/mol. The number of phenolic OH excluding ortho intramolecular Hbond substituents is 4. The molecule has 0 radical (unpaired) electrons. The molecule has 3 heterocycles. The predicted octanol–water partition coefficient (Wildman–Crippen LogP) is 16.6. The molecular weight excluding hydrogens is 1340 g/mol. The van der Waals surface area contributed by atoms with Crippen LogP contribution in [0.25, 0.3) is 102 Å². The van der Waals surface area contributed by atoms with Crippen molar-refractivity contribution in [3.05, 3.63) is 192 Å². The van der Waals surface area contributed by atoms with Crippen LogP contribution in [0.15, 0.2) is 170 Å². The van der Waals surface area contributed by atoms with Crippen LogP contribution in [0.3, 0.4) is 0 Å². The smallest absolute Gasteiger partial charge is 0.221 e. The van der Waals surface area contributed by atoms with E-state index in [-0.39, 0.29) is 52.1 Å². The number of carbonyl (C=O) groups is 3. The van der Waals surface area contributed by atoms with Crippen molar-refractivity contribution >= 4 is 68.9 Å². The van der Waals surface area contributed by atoms with E-state index >= 15 is 0 Å². The number of aromatic hydroxyl groups is 4. The largest absolute Gasteiger partial charge is 0.507 e. The number of nitrogens with one attached hydrogen (secondary N) is 6. The first-order chi connectivity index (χ1) is 50.7. The van der Waals surface area contributed by atoms with Crippen molar-refractivity contribution in [3.63, 3.8) is 0 Å². The van der Waals surface area contributed by atoms with Crippen molar-refractivity contribution in [2.45, 2.75) is 48.5 Å². The van der Waals surface area contributed by atoms with Gasteiger partial charge in [-0.25, -0.2) is 15.0 Å². The number of aromatic amines is 3. The lowest BCUT2D eigenvalue weighted by Gasteiger charge is -2.17. The van der Waals surface area contributed by atoms with Crippen LogP contribution in [0.4, 0.5) is 51.2 Å². The number of aryl methyl sites for hydroxylation is 3.